The van der Waals surface area contributed by atoms with Gasteiger partial charge >= 0.3 is 0 Å². The zero-order valence-electron chi connectivity index (χ0n) is 10.1. The third kappa shape index (κ3) is 4.05. The lowest BCUT2D eigenvalue weighted by Gasteiger charge is -2.41. The second-order valence-electron chi connectivity index (χ2n) is 4.08. The van der Waals surface area contributed by atoms with Crippen molar-refractivity contribution in [3.8, 4) is 0 Å². The zero-order valence-corrected chi connectivity index (χ0v) is 10.1. The molecule has 0 bridgehead atoms. The summed E-state index contributed by atoms with van der Waals surface area (Å²) in [6.07, 6.45) is -5.05. The number of carbonyl (C=O) groups is 1. The van der Waals surface area contributed by atoms with Gasteiger partial charge in [-0.15, -0.1) is 0 Å². The summed E-state index contributed by atoms with van der Waals surface area (Å²) in [5.41, 5.74) is 0. The molecule has 8 heteroatoms. The van der Waals surface area contributed by atoms with E-state index in [-0.39, 0.29) is 0 Å². The molecule has 1 rings (SSSR count). The van der Waals surface area contributed by atoms with Crippen LogP contribution >= 0.6 is 0 Å². The monoisotopic (exact) mass is 278 g/mol. The third-order valence-corrected chi connectivity index (χ3v) is 2.73. The van der Waals surface area contributed by atoms with Crippen LogP contribution in [0.1, 0.15) is 0 Å². The molecule has 0 aromatic carbocycles. The average Bonchev–Trinajstić information content (AvgIpc) is 2.44. The topological polar surface area (TPSA) is 137 Å². The Labute approximate surface area is 109 Å². The summed E-state index contributed by atoms with van der Waals surface area (Å²) >= 11 is 0. The number of carbonyl (C=O) groups excluding carboxylic acids is 1. The number of aliphatic hydroxyl groups excluding tert-OH is 5. The van der Waals surface area contributed by atoms with Crippen molar-refractivity contribution in [3.63, 3.8) is 0 Å². The van der Waals surface area contributed by atoms with Crippen molar-refractivity contribution in [2.45, 2.75) is 36.8 Å². The Bertz CT molecular complexity index is 307. The molecule has 110 valence electrons. The third-order valence-electron chi connectivity index (χ3n) is 2.73. The van der Waals surface area contributed by atoms with Gasteiger partial charge in [0.25, 0.3) is 0 Å². The summed E-state index contributed by atoms with van der Waals surface area (Å²) in [4.78, 5) is 10.2. The molecule has 2 unspecified atom stereocenters. The molecule has 1 aliphatic heterocycles. The molecule has 1 heterocycles. The van der Waals surface area contributed by atoms with E-state index in [2.05, 4.69) is 0 Å². The quantitative estimate of drug-likeness (QED) is 0.255. The van der Waals surface area contributed by atoms with Gasteiger partial charge in [0.1, 0.15) is 36.8 Å². The zero-order chi connectivity index (χ0) is 14.4. The van der Waals surface area contributed by atoms with Gasteiger partial charge < -0.3 is 35.0 Å². The van der Waals surface area contributed by atoms with Crippen molar-refractivity contribution in [2.24, 2.45) is 0 Å². The lowest BCUT2D eigenvalue weighted by Crippen LogP contribution is -2.58. The number of allylic oxidation sites excluding steroid dienone is 1. The molecular weight excluding hydrogens is 260 g/mol. The van der Waals surface area contributed by atoms with Gasteiger partial charge in [-0.05, 0) is 12.2 Å². The van der Waals surface area contributed by atoms with Crippen molar-refractivity contribution >= 4 is 6.29 Å². The minimum absolute atomic E-state index is 0.449. The molecule has 1 fully saturated rings. The van der Waals surface area contributed by atoms with Gasteiger partial charge in [0.05, 0.1) is 13.2 Å². The number of hydrogen-bond acceptors (Lipinski definition) is 8. The Morgan fingerprint density at radius 1 is 1.21 bits per heavy atom. The Morgan fingerprint density at radius 3 is 2.42 bits per heavy atom. The first-order chi connectivity index (χ1) is 9.04. The van der Waals surface area contributed by atoms with E-state index >= 15 is 0 Å². The van der Waals surface area contributed by atoms with E-state index in [9.17, 15) is 20.1 Å². The molecule has 1 aliphatic rings. The van der Waals surface area contributed by atoms with Crippen molar-refractivity contribution in [1.82, 2.24) is 0 Å². The number of rotatable bonds is 6. The molecule has 19 heavy (non-hydrogen) atoms. The SMILES string of the molecule is O=C/C=C/C(O)C1O[C@H]([C@H](O)CO)[C@H](O)[C@H](CO)O1. The van der Waals surface area contributed by atoms with Crippen LogP contribution in [0.4, 0.5) is 0 Å². The van der Waals surface area contributed by atoms with E-state index in [1.54, 1.807) is 0 Å². The number of aldehydes is 1. The maximum atomic E-state index is 10.2. The normalized spacial score (nSPS) is 35.2. The van der Waals surface area contributed by atoms with Crippen molar-refractivity contribution in [3.05, 3.63) is 12.2 Å². The fourth-order valence-electron chi connectivity index (χ4n) is 1.72. The smallest absolute Gasteiger partial charge is 0.188 e. The van der Waals surface area contributed by atoms with Crippen LogP contribution in [0, 0.1) is 0 Å². The molecule has 0 saturated carbocycles. The largest absolute Gasteiger partial charge is 0.394 e. The average molecular weight is 278 g/mol. The highest BCUT2D eigenvalue weighted by molar-refractivity contribution is 5.64. The van der Waals surface area contributed by atoms with Crippen LogP contribution in [0.15, 0.2) is 12.2 Å². The summed E-state index contributed by atoms with van der Waals surface area (Å²) in [6, 6.07) is 0. The van der Waals surface area contributed by atoms with Crippen LogP contribution in [0.5, 0.6) is 0 Å². The highest BCUT2D eigenvalue weighted by Gasteiger charge is 2.43. The maximum absolute atomic E-state index is 10.2. The summed E-state index contributed by atoms with van der Waals surface area (Å²) in [5.74, 6) is 0. The molecule has 1 saturated heterocycles. The standard InChI is InChI=1S/C11H18O8/c12-3-1-2-6(15)11-18-8(5-14)9(17)10(19-11)7(16)4-13/h1-3,6-11,13-17H,4-5H2/b2-1+/t6?,7-,8+,9-,10-,11?/m1/s1. The lowest BCUT2D eigenvalue weighted by atomic mass is 10.0. The molecule has 5 N–H and O–H groups in total. The molecule has 0 spiro atoms. The Hall–Kier alpha value is -0.870. The molecule has 8 nitrogen and oxygen atoms in total. The second kappa shape index (κ2) is 7.65. The predicted octanol–water partition coefficient (Wildman–Crippen LogP) is -3.08. The molecule has 0 amide bonds. The molecule has 0 aromatic rings. The highest BCUT2D eigenvalue weighted by atomic mass is 16.7. The van der Waals surface area contributed by atoms with Gasteiger partial charge in [-0.2, -0.15) is 0 Å². The minimum atomic E-state index is -1.39. The van der Waals surface area contributed by atoms with E-state index in [4.69, 9.17) is 19.7 Å². The molecule has 6 atom stereocenters. The fraction of sp³-hybridized carbons (Fsp3) is 0.727. The van der Waals surface area contributed by atoms with Gasteiger partial charge in [0.15, 0.2) is 6.29 Å². The van der Waals surface area contributed by atoms with Crippen LogP contribution in [0.25, 0.3) is 0 Å². The second-order valence-corrected chi connectivity index (χ2v) is 4.08. The summed E-state index contributed by atoms with van der Waals surface area (Å²) in [7, 11) is 0. The van der Waals surface area contributed by atoms with Crippen molar-refractivity contribution in [1.29, 1.82) is 0 Å². The predicted molar refractivity (Wildman–Crippen MR) is 60.9 cm³/mol. The Morgan fingerprint density at radius 2 is 1.89 bits per heavy atom. The molecule has 0 aromatic heterocycles. The highest BCUT2D eigenvalue weighted by Crippen LogP contribution is 2.23. The maximum Gasteiger partial charge on any atom is 0.188 e. The van der Waals surface area contributed by atoms with Gasteiger partial charge in [0.2, 0.25) is 0 Å². The van der Waals surface area contributed by atoms with Gasteiger partial charge in [-0.25, -0.2) is 0 Å². The molecule has 0 aliphatic carbocycles. The molecule has 0 radical (unpaired) electrons. The van der Waals surface area contributed by atoms with E-state index in [0.29, 0.717) is 6.29 Å². The van der Waals surface area contributed by atoms with E-state index in [1.165, 1.54) is 0 Å². The first kappa shape index (κ1) is 16.2. The van der Waals surface area contributed by atoms with Gasteiger partial charge in [-0.1, -0.05) is 0 Å². The van der Waals surface area contributed by atoms with E-state index < -0.39 is 50.0 Å². The fourth-order valence-corrected chi connectivity index (χ4v) is 1.72. The van der Waals surface area contributed by atoms with Crippen molar-refractivity contribution in [2.75, 3.05) is 13.2 Å². The van der Waals surface area contributed by atoms with E-state index in [0.717, 1.165) is 12.2 Å². The molecular formula is C11H18O8. The number of hydrogen-bond donors (Lipinski definition) is 5. The first-order valence-corrected chi connectivity index (χ1v) is 5.74. The van der Waals surface area contributed by atoms with Crippen LogP contribution in [-0.2, 0) is 14.3 Å². The summed E-state index contributed by atoms with van der Waals surface area (Å²) < 4.78 is 10.2. The minimum Gasteiger partial charge on any atom is -0.394 e. The first-order valence-electron chi connectivity index (χ1n) is 5.74. The van der Waals surface area contributed by atoms with Gasteiger partial charge in [0, 0.05) is 0 Å². The lowest BCUT2D eigenvalue weighted by molar-refractivity contribution is -0.322. The van der Waals surface area contributed by atoms with Crippen LogP contribution in [0.3, 0.4) is 0 Å². The van der Waals surface area contributed by atoms with Crippen LogP contribution in [0.2, 0.25) is 0 Å². The van der Waals surface area contributed by atoms with Crippen molar-refractivity contribution < 1.29 is 39.8 Å². The summed E-state index contributed by atoms with van der Waals surface area (Å²) in [6.45, 7) is -1.22. The number of ether oxygens (including phenoxy) is 2. The van der Waals surface area contributed by atoms with Crippen LogP contribution in [-0.4, -0.2) is 81.8 Å². The van der Waals surface area contributed by atoms with E-state index in [1.807, 2.05) is 0 Å². The Kier molecular flexibility index (Phi) is 6.52. The Balaban J connectivity index is 2.79. The summed E-state index contributed by atoms with van der Waals surface area (Å²) in [5, 5.41) is 46.9. The van der Waals surface area contributed by atoms with Crippen LogP contribution < -0.4 is 0 Å². The number of aliphatic hydroxyl groups is 5. The van der Waals surface area contributed by atoms with Gasteiger partial charge in [-0.3, -0.25) is 4.79 Å².